The van der Waals surface area contributed by atoms with Gasteiger partial charge in [0.05, 0.1) is 11.8 Å². The fourth-order valence-electron chi connectivity index (χ4n) is 1.38. The molecule has 0 aliphatic heterocycles. The molecule has 6 heteroatoms. The third-order valence-electron chi connectivity index (χ3n) is 2.56. The van der Waals surface area contributed by atoms with Crippen molar-refractivity contribution >= 4 is 11.9 Å². The molecule has 6 nitrogen and oxygen atoms in total. The van der Waals surface area contributed by atoms with E-state index in [1.807, 2.05) is 0 Å². The van der Waals surface area contributed by atoms with Crippen LogP contribution in [0.3, 0.4) is 0 Å². The first-order valence-corrected chi connectivity index (χ1v) is 4.74. The molecule has 16 heavy (non-hydrogen) atoms. The Morgan fingerprint density at radius 2 is 2.12 bits per heavy atom. The van der Waals surface area contributed by atoms with Crippen LogP contribution in [-0.2, 0) is 4.79 Å². The van der Waals surface area contributed by atoms with Gasteiger partial charge in [0.2, 0.25) is 0 Å². The number of pyridine rings is 1. The zero-order valence-corrected chi connectivity index (χ0v) is 8.30. The van der Waals surface area contributed by atoms with Gasteiger partial charge in [0.1, 0.15) is 11.3 Å². The Labute approximate surface area is 90.9 Å². The van der Waals surface area contributed by atoms with Gasteiger partial charge in [-0.15, -0.1) is 0 Å². The van der Waals surface area contributed by atoms with Crippen molar-refractivity contribution in [2.75, 3.05) is 0 Å². The maximum atomic E-state index is 11.7. The van der Waals surface area contributed by atoms with Gasteiger partial charge in [-0.3, -0.25) is 9.78 Å². The molecule has 1 saturated carbocycles. The average Bonchev–Trinajstić information content (AvgIpc) is 2.99. The van der Waals surface area contributed by atoms with Crippen molar-refractivity contribution in [1.29, 1.82) is 0 Å². The first kappa shape index (κ1) is 10.4. The van der Waals surface area contributed by atoms with Gasteiger partial charge < -0.3 is 15.5 Å². The van der Waals surface area contributed by atoms with Gasteiger partial charge in [0.15, 0.2) is 0 Å². The van der Waals surface area contributed by atoms with E-state index in [1.165, 1.54) is 12.3 Å². The predicted octanol–water partition coefficient (Wildman–Crippen LogP) is 0.134. The van der Waals surface area contributed by atoms with E-state index in [2.05, 4.69) is 10.3 Å². The summed E-state index contributed by atoms with van der Waals surface area (Å²) in [4.78, 5) is 26.1. The lowest BCUT2D eigenvalue weighted by atomic mass is 10.2. The molecule has 0 unspecified atom stereocenters. The van der Waals surface area contributed by atoms with E-state index in [-0.39, 0.29) is 11.3 Å². The van der Waals surface area contributed by atoms with Crippen LogP contribution in [-0.4, -0.2) is 32.6 Å². The second kappa shape index (κ2) is 3.48. The number of carbonyl (C=O) groups is 2. The molecule has 0 radical (unpaired) electrons. The molecule has 1 aliphatic rings. The van der Waals surface area contributed by atoms with Crippen molar-refractivity contribution in [2.45, 2.75) is 18.4 Å². The van der Waals surface area contributed by atoms with E-state index in [4.69, 9.17) is 5.11 Å². The smallest absolute Gasteiger partial charge is 0.329 e. The summed E-state index contributed by atoms with van der Waals surface area (Å²) in [6.07, 6.45) is 3.32. The number of aromatic nitrogens is 1. The zero-order valence-electron chi connectivity index (χ0n) is 8.30. The molecule has 0 bridgehead atoms. The maximum Gasteiger partial charge on any atom is 0.329 e. The molecule has 1 aromatic heterocycles. The van der Waals surface area contributed by atoms with Crippen LogP contribution < -0.4 is 5.32 Å². The van der Waals surface area contributed by atoms with Crippen LogP contribution in [0.5, 0.6) is 5.75 Å². The van der Waals surface area contributed by atoms with E-state index in [0.717, 1.165) is 6.20 Å². The Morgan fingerprint density at radius 1 is 1.44 bits per heavy atom. The molecule has 1 heterocycles. The Kier molecular flexibility index (Phi) is 2.26. The van der Waals surface area contributed by atoms with Gasteiger partial charge >= 0.3 is 5.97 Å². The summed E-state index contributed by atoms with van der Waals surface area (Å²) >= 11 is 0. The number of carbonyl (C=O) groups excluding carboxylic acids is 1. The van der Waals surface area contributed by atoms with Crippen molar-refractivity contribution in [1.82, 2.24) is 10.3 Å². The molecule has 1 amide bonds. The van der Waals surface area contributed by atoms with Gasteiger partial charge in [0.25, 0.3) is 5.91 Å². The molecular formula is C10H10N2O4. The van der Waals surface area contributed by atoms with Gasteiger partial charge in [-0.25, -0.2) is 4.79 Å². The van der Waals surface area contributed by atoms with Gasteiger partial charge in [0, 0.05) is 6.20 Å². The summed E-state index contributed by atoms with van der Waals surface area (Å²) in [6.45, 7) is 0. The minimum Gasteiger partial charge on any atom is -0.505 e. The van der Waals surface area contributed by atoms with E-state index in [1.54, 1.807) is 0 Å². The summed E-state index contributed by atoms with van der Waals surface area (Å²) in [6, 6.07) is 1.34. The molecule has 1 fully saturated rings. The van der Waals surface area contributed by atoms with Crippen LogP contribution >= 0.6 is 0 Å². The first-order valence-electron chi connectivity index (χ1n) is 4.74. The standard InChI is InChI=1S/C10H10N2O4/c13-7-5-11-4-1-6(7)8(14)12-10(2-3-10)9(15)16/h1,4-5,13H,2-3H2,(H,12,14)(H,15,16). The largest absolute Gasteiger partial charge is 0.505 e. The topological polar surface area (TPSA) is 99.5 Å². The Bertz CT molecular complexity index is 454. The molecule has 0 saturated heterocycles. The minimum atomic E-state index is -1.15. The normalized spacial score (nSPS) is 16.5. The molecule has 0 aromatic carbocycles. The number of nitrogens with one attached hydrogen (secondary N) is 1. The van der Waals surface area contributed by atoms with Gasteiger partial charge in [-0.2, -0.15) is 0 Å². The number of nitrogens with zero attached hydrogens (tertiary/aromatic N) is 1. The number of rotatable bonds is 3. The molecule has 84 valence electrons. The zero-order chi connectivity index (χ0) is 11.8. The highest BCUT2D eigenvalue weighted by Gasteiger charge is 2.51. The van der Waals surface area contributed by atoms with Crippen molar-refractivity contribution < 1.29 is 19.8 Å². The molecule has 3 N–H and O–H groups in total. The van der Waals surface area contributed by atoms with E-state index in [0.29, 0.717) is 12.8 Å². The second-order valence-electron chi connectivity index (χ2n) is 3.73. The molecule has 0 spiro atoms. The van der Waals surface area contributed by atoms with Gasteiger partial charge in [-0.05, 0) is 18.9 Å². The number of hydrogen-bond acceptors (Lipinski definition) is 4. The number of carboxylic acids is 1. The minimum absolute atomic E-state index is 0.0301. The molecule has 0 atom stereocenters. The van der Waals surface area contributed by atoms with Crippen molar-refractivity contribution in [3.8, 4) is 5.75 Å². The van der Waals surface area contributed by atoms with Crippen LogP contribution in [0.2, 0.25) is 0 Å². The molecular weight excluding hydrogens is 212 g/mol. The number of aliphatic carboxylic acids is 1. The maximum absolute atomic E-state index is 11.7. The van der Waals surface area contributed by atoms with Crippen LogP contribution in [0.1, 0.15) is 23.2 Å². The molecule has 1 aromatic rings. The third kappa shape index (κ3) is 1.69. The third-order valence-corrected chi connectivity index (χ3v) is 2.56. The van der Waals surface area contributed by atoms with Crippen molar-refractivity contribution in [3.63, 3.8) is 0 Å². The lowest BCUT2D eigenvalue weighted by Crippen LogP contribution is -2.43. The molecule has 2 rings (SSSR count). The quantitative estimate of drug-likeness (QED) is 0.675. The number of amides is 1. The Balaban J connectivity index is 2.16. The fourth-order valence-corrected chi connectivity index (χ4v) is 1.38. The average molecular weight is 222 g/mol. The highest BCUT2D eigenvalue weighted by Crippen LogP contribution is 2.36. The first-order chi connectivity index (χ1) is 7.55. The van der Waals surface area contributed by atoms with Crippen LogP contribution in [0.25, 0.3) is 0 Å². The number of aromatic hydroxyl groups is 1. The van der Waals surface area contributed by atoms with Crippen LogP contribution in [0, 0.1) is 0 Å². The summed E-state index contributed by atoms with van der Waals surface area (Å²) in [5.74, 6) is -1.91. The molecule has 1 aliphatic carbocycles. The van der Waals surface area contributed by atoms with E-state index < -0.39 is 17.4 Å². The summed E-state index contributed by atoms with van der Waals surface area (Å²) < 4.78 is 0. The summed E-state index contributed by atoms with van der Waals surface area (Å²) in [5.41, 5.74) is -1.12. The van der Waals surface area contributed by atoms with Crippen molar-refractivity contribution in [2.24, 2.45) is 0 Å². The highest BCUT2D eigenvalue weighted by molar-refractivity contribution is 6.00. The van der Waals surface area contributed by atoms with Gasteiger partial charge in [-0.1, -0.05) is 0 Å². The predicted molar refractivity (Wildman–Crippen MR) is 53.0 cm³/mol. The monoisotopic (exact) mass is 222 g/mol. The lowest BCUT2D eigenvalue weighted by Gasteiger charge is -2.12. The fraction of sp³-hybridized carbons (Fsp3) is 0.300. The van der Waals surface area contributed by atoms with Crippen molar-refractivity contribution in [3.05, 3.63) is 24.0 Å². The number of carboxylic acid groups (broad SMARTS) is 1. The van der Waals surface area contributed by atoms with E-state index >= 15 is 0 Å². The Morgan fingerprint density at radius 3 is 2.62 bits per heavy atom. The second-order valence-corrected chi connectivity index (χ2v) is 3.73. The Hall–Kier alpha value is -2.11. The van der Waals surface area contributed by atoms with E-state index in [9.17, 15) is 14.7 Å². The lowest BCUT2D eigenvalue weighted by molar-refractivity contribution is -0.140. The summed E-state index contributed by atoms with van der Waals surface area (Å²) in [7, 11) is 0. The van der Waals surface area contributed by atoms with Crippen LogP contribution in [0.15, 0.2) is 18.5 Å². The SMILES string of the molecule is O=C(NC1(C(=O)O)CC1)c1ccncc1O. The summed E-state index contributed by atoms with van der Waals surface area (Å²) in [5, 5.41) is 20.6. The highest BCUT2D eigenvalue weighted by atomic mass is 16.4. The number of hydrogen-bond donors (Lipinski definition) is 3. The van der Waals surface area contributed by atoms with Crippen LogP contribution in [0.4, 0.5) is 0 Å².